The third-order valence-corrected chi connectivity index (χ3v) is 4.18. The molecular weight excluding hydrogens is 242 g/mol. The fourth-order valence-electron chi connectivity index (χ4n) is 3.16. The predicted molar refractivity (Wildman–Crippen MR) is 74.9 cm³/mol. The number of piperidine rings is 1. The maximum Gasteiger partial charge on any atom is 0.231 e. The van der Waals surface area contributed by atoms with E-state index in [1.54, 1.807) is 0 Å². The summed E-state index contributed by atoms with van der Waals surface area (Å²) < 4.78 is 5.64. The lowest BCUT2D eigenvalue weighted by molar-refractivity contribution is -0.119. The quantitative estimate of drug-likeness (QED) is 0.705. The van der Waals surface area contributed by atoms with Gasteiger partial charge in [0.25, 0.3) is 0 Å². The zero-order chi connectivity index (χ0) is 13.5. The van der Waals surface area contributed by atoms with Gasteiger partial charge in [0, 0.05) is 12.6 Å². The van der Waals surface area contributed by atoms with Crippen molar-refractivity contribution in [2.75, 3.05) is 32.8 Å². The summed E-state index contributed by atoms with van der Waals surface area (Å²) in [4.78, 5) is 13.5. The normalized spacial score (nSPS) is 25.0. The minimum absolute atomic E-state index is 0.212. The molecule has 0 spiro atoms. The Balaban J connectivity index is 1.73. The molecule has 2 aliphatic rings. The average Bonchev–Trinajstić information content (AvgIpc) is 2.91. The molecule has 2 fully saturated rings. The molecule has 0 saturated carbocycles. The second-order valence-corrected chi connectivity index (χ2v) is 5.70. The first-order valence-corrected chi connectivity index (χ1v) is 7.60. The lowest BCUT2D eigenvalue weighted by Crippen LogP contribution is -2.46. The highest BCUT2D eigenvalue weighted by atomic mass is 16.5. The van der Waals surface area contributed by atoms with E-state index in [1.807, 2.05) is 0 Å². The number of nitrogens with one attached hydrogen (secondary N) is 1. The van der Waals surface area contributed by atoms with E-state index in [2.05, 4.69) is 10.2 Å². The number of nitrogens with zero attached hydrogens (tertiary/aromatic N) is 1. The molecule has 1 unspecified atom stereocenters. The molecule has 0 aromatic carbocycles. The fourth-order valence-corrected chi connectivity index (χ4v) is 3.16. The Bertz CT molecular complexity index is 274. The summed E-state index contributed by atoms with van der Waals surface area (Å²) in [6, 6.07) is 0.512. The van der Waals surface area contributed by atoms with Gasteiger partial charge < -0.3 is 15.8 Å². The molecule has 19 heavy (non-hydrogen) atoms. The van der Waals surface area contributed by atoms with Crippen molar-refractivity contribution in [3.05, 3.63) is 0 Å². The molecule has 1 amide bonds. The molecule has 0 aliphatic carbocycles. The van der Waals surface area contributed by atoms with Gasteiger partial charge in [-0.2, -0.15) is 0 Å². The van der Waals surface area contributed by atoms with Crippen LogP contribution in [0.15, 0.2) is 0 Å². The summed E-state index contributed by atoms with van der Waals surface area (Å²) in [5.41, 5.74) is 5.37. The van der Waals surface area contributed by atoms with E-state index in [4.69, 9.17) is 10.5 Å². The van der Waals surface area contributed by atoms with Gasteiger partial charge in [0.15, 0.2) is 0 Å². The smallest absolute Gasteiger partial charge is 0.231 e. The minimum atomic E-state index is -0.212. The van der Waals surface area contributed by atoms with Gasteiger partial charge in [-0.1, -0.05) is 0 Å². The summed E-state index contributed by atoms with van der Waals surface area (Å²) in [7, 11) is 0. The van der Waals surface area contributed by atoms with Gasteiger partial charge in [-0.3, -0.25) is 9.69 Å². The van der Waals surface area contributed by atoms with Crippen molar-refractivity contribution in [2.24, 2.45) is 5.73 Å². The SMILES string of the molecule is NC(=O)CN(CCCC1CCCO1)C1CCNCC1. The van der Waals surface area contributed by atoms with E-state index in [0.717, 1.165) is 51.9 Å². The van der Waals surface area contributed by atoms with Crippen LogP contribution in [-0.4, -0.2) is 55.7 Å². The van der Waals surface area contributed by atoms with Crippen molar-refractivity contribution in [1.29, 1.82) is 0 Å². The van der Waals surface area contributed by atoms with Crippen LogP contribution in [0.25, 0.3) is 0 Å². The van der Waals surface area contributed by atoms with E-state index < -0.39 is 0 Å². The zero-order valence-electron chi connectivity index (χ0n) is 11.8. The number of amides is 1. The first kappa shape index (κ1) is 14.8. The summed E-state index contributed by atoms with van der Waals surface area (Å²) in [5, 5.41) is 3.36. The fraction of sp³-hybridized carbons (Fsp3) is 0.929. The van der Waals surface area contributed by atoms with Crippen molar-refractivity contribution in [3.8, 4) is 0 Å². The second kappa shape index (κ2) is 7.82. The van der Waals surface area contributed by atoms with E-state index >= 15 is 0 Å². The van der Waals surface area contributed by atoms with Crippen LogP contribution in [0.1, 0.15) is 38.5 Å². The third kappa shape index (κ3) is 5.09. The minimum Gasteiger partial charge on any atom is -0.378 e. The van der Waals surface area contributed by atoms with Gasteiger partial charge in [0.2, 0.25) is 5.91 Å². The highest BCUT2D eigenvalue weighted by Crippen LogP contribution is 2.18. The number of rotatable bonds is 7. The van der Waals surface area contributed by atoms with E-state index in [9.17, 15) is 4.79 Å². The highest BCUT2D eigenvalue weighted by Gasteiger charge is 2.22. The Kier molecular flexibility index (Phi) is 6.07. The van der Waals surface area contributed by atoms with Gasteiger partial charge in [-0.05, 0) is 58.2 Å². The van der Waals surface area contributed by atoms with Crippen LogP contribution in [-0.2, 0) is 9.53 Å². The van der Waals surface area contributed by atoms with Crippen LogP contribution in [0.2, 0.25) is 0 Å². The molecule has 2 heterocycles. The first-order chi connectivity index (χ1) is 9.25. The maximum atomic E-state index is 11.2. The predicted octanol–water partition coefficient (Wildman–Crippen LogP) is 0.485. The van der Waals surface area contributed by atoms with Crippen molar-refractivity contribution in [3.63, 3.8) is 0 Å². The van der Waals surface area contributed by atoms with E-state index in [-0.39, 0.29) is 5.91 Å². The Labute approximate surface area is 115 Å². The zero-order valence-corrected chi connectivity index (χ0v) is 11.8. The molecule has 0 radical (unpaired) electrons. The number of nitrogens with two attached hydrogens (primary N) is 1. The molecule has 3 N–H and O–H groups in total. The van der Waals surface area contributed by atoms with Gasteiger partial charge in [0.1, 0.15) is 0 Å². The lowest BCUT2D eigenvalue weighted by Gasteiger charge is -2.34. The van der Waals surface area contributed by atoms with Crippen molar-refractivity contribution in [2.45, 2.75) is 50.7 Å². The molecule has 0 aromatic heterocycles. The molecule has 5 nitrogen and oxygen atoms in total. The van der Waals surface area contributed by atoms with Crippen molar-refractivity contribution >= 4 is 5.91 Å². The largest absolute Gasteiger partial charge is 0.378 e. The summed E-state index contributed by atoms with van der Waals surface area (Å²) in [6.45, 7) is 4.38. The lowest BCUT2D eigenvalue weighted by atomic mass is 10.0. The van der Waals surface area contributed by atoms with Crippen LogP contribution in [0.5, 0.6) is 0 Å². The van der Waals surface area contributed by atoms with Gasteiger partial charge in [-0.25, -0.2) is 0 Å². The Morgan fingerprint density at radius 1 is 1.32 bits per heavy atom. The molecule has 5 heteroatoms. The third-order valence-electron chi connectivity index (χ3n) is 4.18. The molecule has 2 aliphatic heterocycles. The molecule has 1 atom stereocenters. The summed E-state index contributed by atoms with van der Waals surface area (Å²) >= 11 is 0. The molecule has 2 rings (SSSR count). The standard InChI is InChI=1S/C14H27N3O2/c15-14(18)11-17(12-5-7-16-8-6-12)9-1-3-13-4-2-10-19-13/h12-13,16H,1-11H2,(H2,15,18). The second-order valence-electron chi connectivity index (χ2n) is 5.70. The van der Waals surface area contributed by atoms with Crippen LogP contribution in [0.4, 0.5) is 0 Å². The van der Waals surface area contributed by atoms with E-state index in [0.29, 0.717) is 18.7 Å². The average molecular weight is 269 g/mol. The summed E-state index contributed by atoms with van der Waals surface area (Å²) in [5.74, 6) is -0.212. The number of primary amides is 1. The highest BCUT2D eigenvalue weighted by molar-refractivity contribution is 5.75. The van der Waals surface area contributed by atoms with Gasteiger partial charge in [0.05, 0.1) is 12.6 Å². The molecule has 110 valence electrons. The molecule has 0 aromatic rings. The topological polar surface area (TPSA) is 67.6 Å². The first-order valence-electron chi connectivity index (χ1n) is 7.60. The van der Waals surface area contributed by atoms with Crippen molar-refractivity contribution < 1.29 is 9.53 Å². The number of carbonyl (C=O) groups excluding carboxylic acids is 1. The van der Waals surface area contributed by atoms with Crippen LogP contribution in [0, 0.1) is 0 Å². The molecule has 0 bridgehead atoms. The Morgan fingerprint density at radius 3 is 2.74 bits per heavy atom. The molecular formula is C14H27N3O2. The van der Waals surface area contributed by atoms with E-state index in [1.165, 1.54) is 12.8 Å². The number of hydrogen-bond acceptors (Lipinski definition) is 4. The number of ether oxygens (including phenoxy) is 1. The Hall–Kier alpha value is -0.650. The number of carbonyl (C=O) groups is 1. The van der Waals surface area contributed by atoms with Crippen LogP contribution >= 0.6 is 0 Å². The van der Waals surface area contributed by atoms with Crippen molar-refractivity contribution in [1.82, 2.24) is 10.2 Å². The number of hydrogen-bond donors (Lipinski definition) is 2. The molecule has 2 saturated heterocycles. The van der Waals surface area contributed by atoms with Gasteiger partial charge in [-0.15, -0.1) is 0 Å². The van der Waals surface area contributed by atoms with Crippen LogP contribution < -0.4 is 11.1 Å². The Morgan fingerprint density at radius 2 is 2.11 bits per heavy atom. The maximum absolute atomic E-state index is 11.2. The van der Waals surface area contributed by atoms with Gasteiger partial charge >= 0.3 is 0 Å². The van der Waals surface area contributed by atoms with Crippen LogP contribution in [0.3, 0.4) is 0 Å². The summed E-state index contributed by atoms with van der Waals surface area (Å²) in [6.07, 6.45) is 7.29. The monoisotopic (exact) mass is 269 g/mol.